The summed E-state index contributed by atoms with van der Waals surface area (Å²) in [5.74, 6) is 0.663. The Morgan fingerprint density at radius 3 is 2.69 bits per heavy atom. The highest BCUT2D eigenvalue weighted by atomic mass is 32.2. The van der Waals surface area contributed by atoms with Crippen LogP contribution in [0, 0.1) is 0 Å². The van der Waals surface area contributed by atoms with E-state index in [4.69, 9.17) is 9.47 Å². The summed E-state index contributed by atoms with van der Waals surface area (Å²) in [6, 6.07) is 0. The Labute approximate surface area is 100 Å². The fourth-order valence-electron chi connectivity index (χ4n) is 0.901. The van der Waals surface area contributed by atoms with Crippen molar-refractivity contribution in [2.75, 3.05) is 24.7 Å². The maximum atomic E-state index is 11.0. The average Bonchev–Trinajstić information content (AvgIpc) is 2.26. The van der Waals surface area contributed by atoms with Gasteiger partial charge in [0.2, 0.25) is 0 Å². The topological polar surface area (TPSA) is 52.6 Å². The third-order valence-corrected chi connectivity index (χ3v) is 2.57. The van der Waals surface area contributed by atoms with Crippen LogP contribution in [-0.4, -0.2) is 36.7 Å². The predicted octanol–water partition coefficient (Wildman–Crippen LogP) is 1.79. The van der Waals surface area contributed by atoms with Gasteiger partial charge in [-0.2, -0.15) is 11.8 Å². The normalized spacial score (nSPS) is 9.56. The Morgan fingerprint density at radius 1 is 1.31 bits per heavy atom. The van der Waals surface area contributed by atoms with Crippen LogP contribution in [0.25, 0.3) is 0 Å². The molecule has 0 rings (SSSR count). The molecule has 0 atom stereocenters. The molecule has 0 aromatic rings. The first-order valence-corrected chi connectivity index (χ1v) is 6.36. The Hall–Kier alpha value is -0.970. The van der Waals surface area contributed by atoms with Gasteiger partial charge in [0.1, 0.15) is 6.61 Å². The molecular formula is C11H18O4S. The molecule has 0 aromatic heterocycles. The molecule has 0 aliphatic carbocycles. The maximum Gasteiger partial charge on any atom is 0.315 e. The molecule has 16 heavy (non-hydrogen) atoms. The van der Waals surface area contributed by atoms with Crippen molar-refractivity contribution in [3.05, 3.63) is 12.7 Å². The molecule has 5 heteroatoms. The maximum absolute atomic E-state index is 11.0. The number of thioether (sulfide) groups is 1. The second kappa shape index (κ2) is 10.5. The molecule has 4 nitrogen and oxygen atoms in total. The van der Waals surface area contributed by atoms with E-state index < -0.39 is 0 Å². The van der Waals surface area contributed by atoms with Crippen molar-refractivity contribution in [2.24, 2.45) is 0 Å². The Bertz CT molecular complexity index is 228. The highest BCUT2D eigenvalue weighted by Gasteiger charge is 2.03. The van der Waals surface area contributed by atoms with E-state index in [0.29, 0.717) is 25.2 Å². The molecule has 0 N–H and O–H groups in total. The van der Waals surface area contributed by atoms with Crippen LogP contribution in [0.3, 0.4) is 0 Å². The Balaban J connectivity index is 3.29. The minimum atomic E-state index is -0.225. The zero-order valence-corrected chi connectivity index (χ0v) is 10.4. The van der Waals surface area contributed by atoms with Crippen LogP contribution < -0.4 is 0 Å². The second-order valence-electron chi connectivity index (χ2n) is 2.93. The van der Waals surface area contributed by atoms with E-state index in [-0.39, 0.29) is 18.5 Å². The SMILES string of the molecule is C=CCOC(=O)CCCSCC(=O)OCC. The number of hydrogen-bond donors (Lipinski definition) is 0. The number of carbonyl (C=O) groups excluding carboxylic acids is 2. The molecular weight excluding hydrogens is 228 g/mol. The quantitative estimate of drug-likeness (QED) is 0.353. The van der Waals surface area contributed by atoms with Gasteiger partial charge in [-0.1, -0.05) is 12.7 Å². The van der Waals surface area contributed by atoms with Gasteiger partial charge < -0.3 is 9.47 Å². The van der Waals surface area contributed by atoms with Gasteiger partial charge in [0.15, 0.2) is 0 Å². The van der Waals surface area contributed by atoms with Crippen molar-refractivity contribution in [3.8, 4) is 0 Å². The van der Waals surface area contributed by atoms with Gasteiger partial charge in [-0.15, -0.1) is 0 Å². The zero-order valence-electron chi connectivity index (χ0n) is 9.57. The summed E-state index contributed by atoms with van der Waals surface area (Å²) in [7, 11) is 0. The number of hydrogen-bond acceptors (Lipinski definition) is 5. The van der Waals surface area contributed by atoms with Gasteiger partial charge in [0.05, 0.1) is 12.4 Å². The number of rotatable bonds is 9. The van der Waals surface area contributed by atoms with Gasteiger partial charge in [0.25, 0.3) is 0 Å². The van der Waals surface area contributed by atoms with E-state index >= 15 is 0 Å². The minimum absolute atomic E-state index is 0.207. The summed E-state index contributed by atoms with van der Waals surface area (Å²) in [6.07, 6.45) is 2.62. The number of ether oxygens (including phenoxy) is 2. The fraction of sp³-hybridized carbons (Fsp3) is 0.636. The van der Waals surface area contributed by atoms with Crippen molar-refractivity contribution in [2.45, 2.75) is 19.8 Å². The lowest BCUT2D eigenvalue weighted by Crippen LogP contribution is -2.08. The lowest BCUT2D eigenvalue weighted by molar-refractivity contribution is -0.142. The molecule has 0 radical (unpaired) electrons. The molecule has 0 aliphatic heterocycles. The standard InChI is InChI=1S/C11H18O4S/c1-3-7-15-10(12)6-5-8-16-9-11(13)14-4-2/h3H,1,4-9H2,2H3. The van der Waals surface area contributed by atoms with Crippen LogP contribution in [0.4, 0.5) is 0 Å². The first-order chi connectivity index (χ1) is 7.70. The third-order valence-electron chi connectivity index (χ3n) is 1.56. The Morgan fingerprint density at radius 2 is 2.06 bits per heavy atom. The van der Waals surface area contributed by atoms with E-state index in [1.54, 1.807) is 6.92 Å². The number of esters is 2. The predicted molar refractivity (Wildman–Crippen MR) is 64.3 cm³/mol. The van der Waals surface area contributed by atoms with Crippen molar-refractivity contribution in [1.29, 1.82) is 0 Å². The molecule has 0 aromatic carbocycles. The van der Waals surface area contributed by atoms with E-state index in [1.165, 1.54) is 17.8 Å². The summed E-state index contributed by atoms with van der Waals surface area (Å²) < 4.78 is 9.56. The minimum Gasteiger partial charge on any atom is -0.465 e. The first-order valence-electron chi connectivity index (χ1n) is 5.20. The molecule has 0 bridgehead atoms. The van der Waals surface area contributed by atoms with Gasteiger partial charge >= 0.3 is 11.9 Å². The molecule has 0 saturated carbocycles. The summed E-state index contributed by atoms with van der Waals surface area (Å²) in [5, 5.41) is 0. The van der Waals surface area contributed by atoms with Gasteiger partial charge in [-0.05, 0) is 19.1 Å². The summed E-state index contributed by atoms with van der Waals surface area (Å²) in [6.45, 7) is 5.89. The van der Waals surface area contributed by atoms with E-state index in [1.807, 2.05) is 0 Å². The zero-order chi connectivity index (χ0) is 12.2. The third kappa shape index (κ3) is 9.58. The highest BCUT2D eigenvalue weighted by molar-refractivity contribution is 7.99. The van der Waals surface area contributed by atoms with Crippen molar-refractivity contribution < 1.29 is 19.1 Å². The molecule has 0 heterocycles. The number of carbonyl (C=O) groups is 2. The Kier molecular flexibility index (Phi) is 9.91. The molecule has 92 valence electrons. The first kappa shape index (κ1) is 15.0. The van der Waals surface area contributed by atoms with Crippen molar-refractivity contribution in [1.82, 2.24) is 0 Å². The molecule has 0 amide bonds. The van der Waals surface area contributed by atoms with E-state index in [9.17, 15) is 9.59 Å². The monoisotopic (exact) mass is 246 g/mol. The van der Waals surface area contributed by atoms with Crippen LogP contribution in [0.5, 0.6) is 0 Å². The highest BCUT2D eigenvalue weighted by Crippen LogP contribution is 2.05. The lowest BCUT2D eigenvalue weighted by Gasteiger charge is -2.02. The van der Waals surface area contributed by atoms with Crippen molar-refractivity contribution >= 4 is 23.7 Å². The van der Waals surface area contributed by atoms with Crippen LogP contribution in [0.15, 0.2) is 12.7 Å². The fourth-order valence-corrected chi connectivity index (χ4v) is 1.64. The van der Waals surface area contributed by atoms with Crippen LogP contribution in [0.2, 0.25) is 0 Å². The van der Waals surface area contributed by atoms with Crippen LogP contribution >= 0.6 is 11.8 Å². The smallest absolute Gasteiger partial charge is 0.315 e. The van der Waals surface area contributed by atoms with E-state index in [2.05, 4.69) is 6.58 Å². The van der Waals surface area contributed by atoms with Crippen molar-refractivity contribution in [3.63, 3.8) is 0 Å². The molecule has 0 aliphatic rings. The van der Waals surface area contributed by atoms with Crippen LogP contribution in [-0.2, 0) is 19.1 Å². The van der Waals surface area contributed by atoms with Crippen LogP contribution in [0.1, 0.15) is 19.8 Å². The lowest BCUT2D eigenvalue weighted by atomic mass is 10.3. The second-order valence-corrected chi connectivity index (χ2v) is 4.04. The largest absolute Gasteiger partial charge is 0.465 e. The van der Waals surface area contributed by atoms with Gasteiger partial charge in [-0.3, -0.25) is 9.59 Å². The van der Waals surface area contributed by atoms with Gasteiger partial charge in [0, 0.05) is 6.42 Å². The van der Waals surface area contributed by atoms with E-state index in [0.717, 1.165) is 5.75 Å². The summed E-state index contributed by atoms with van der Waals surface area (Å²) in [4.78, 5) is 22.0. The summed E-state index contributed by atoms with van der Waals surface area (Å²) >= 11 is 1.46. The summed E-state index contributed by atoms with van der Waals surface area (Å²) in [5.41, 5.74) is 0. The van der Waals surface area contributed by atoms with Gasteiger partial charge in [-0.25, -0.2) is 0 Å². The molecule has 0 fully saturated rings. The molecule has 0 spiro atoms. The molecule has 0 saturated heterocycles. The molecule has 0 unspecified atom stereocenters. The average molecular weight is 246 g/mol.